The van der Waals surface area contributed by atoms with E-state index in [1.807, 2.05) is 13.8 Å². The molecule has 10 heteroatoms. The highest BCUT2D eigenvalue weighted by molar-refractivity contribution is 6.64. The van der Waals surface area contributed by atoms with Crippen molar-refractivity contribution in [3.05, 3.63) is 70.0 Å². The van der Waals surface area contributed by atoms with Gasteiger partial charge in [-0.05, 0) is 60.4 Å². The van der Waals surface area contributed by atoms with Gasteiger partial charge in [0.2, 0.25) is 23.1 Å². The highest BCUT2D eigenvalue weighted by Crippen LogP contribution is 2.41. The predicted molar refractivity (Wildman–Crippen MR) is 144 cm³/mol. The molecule has 0 bridgehead atoms. The molecular weight excluding hydrogens is 516 g/mol. The van der Waals surface area contributed by atoms with Gasteiger partial charge in [-0.3, -0.25) is 19.2 Å². The van der Waals surface area contributed by atoms with Gasteiger partial charge in [-0.1, -0.05) is 26.7 Å². The van der Waals surface area contributed by atoms with Crippen LogP contribution in [0.3, 0.4) is 0 Å². The molecule has 0 aliphatic heterocycles. The first kappa shape index (κ1) is 26.7. The molecule has 40 heavy (non-hydrogen) atoms. The standard InChI is InChI=1S/C30H26N2O8/c1-3-5-19-21(15-11-13(29(37)38)7-9-17(15)31-19)23-25(33)27(35)24(28(36)26(23)34)22-16-12-14(30(39)40)8-10-18(16)32-20(22)6-4-2/h7-12,23-24,31-32H,3-6H2,1-2H3,(H,37,38)(H,39,40). The van der Waals surface area contributed by atoms with Crippen LogP contribution in [0.1, 0.15) is 81.8 Å². The summed E-state index contributed by atoms with van der Waals surface area (Å²) in [5.41, 5.74) is 2.08. The summed E-state index contributed by atoms with van der Waals surface area (Å²) in [5.74, 6) is -10.0. The van der Waals surface area contributed by atoms with E-state index in [0.717, 1.165) is 0 Å². The lowest BCUT2D eigenvalue weighted by Gasteiger charge is -2.25. The lowest BCUT2D eigenvalue weighted by atomic mass is 9.71. The molecule has 1 aliphatic carbocycles. The Balaban J connectivity index is 1.68. The van der Waals surface area contributed by atoms with Crippen molar-refractivity contribution in [1.29, 1.82) is 0 Å². The van der Waals surface area contributed by atoms with Crippen molar-refractivity contribution in [2.45, 2.75) is 51.4 Å². The SMILES string of the molecule is CCCc1[nH]c2ccc(C(=O)O)cc2c1C1C(=O)C(=O)C(c2c(CCC)[nH]c3ccc(C(=O)O)cc23)C(=O)C1=O. The molecule has 5 rings (SSSR count). The van der Waals surface area contributed by atoms with Crippen LogP contribution in [0, 0.1) is 0 Å². The number of aromatic amines is 2. The zero-order chi connectivity index (χ0) is 28.9. The molecular formula is C30H26N2O8. The molecule has 4 N–H and O–H groups in total. The molecule has 0 spiro atoms. The topological polar surface area (TPSA) is 174 Å². The molecule has 0 saturated heterocycles. The first-order valence-corrected chi connectivity index (χ1v) is 13.0. The van der Waals surface area contributed by atoms with Crippen LogP contribution < -0.4 is 0 Å². The summed E-state index contributed by atoms with van der Waals surface area (Å²) >= 11 is 0. The van der Waals surface area contributed by atoms with Crippen LogP contribution in [0.4, 0.5) is 0 Å². The van der Waals surface area contributed by atoms with E-state index < -0.39 is 46.9 Å². The number of aryl methyl sites for hydroxylation is 2. The fraction of sp³-hybridized carbons (Fsp3) is 0.267. The molecule has 2 aromatic heterocycles. The Morgan fingerprint density at radius 2 is 1.00 bits per heavy atom. The Bertz CT molecular complexity index is 1620. The summed E-state index contributed by atoms with van der Waals surface area (Å²) in [6, 6.07) is 8.47. The summed E-state index contributed by atoms with van der Waals surface area (Å²) in [7, 11) is 0. The zero-order valence-electron chi connectivity index (χ0n) is 21.8. The monoisotopic (exact) mass is 542 g/mol. The number of hydrogen-bond acceptors (Lipinski definition) is 6. The van der Waals surface area contributed by atoms with Gasteiger partial charge in [0.1, 0.15) is 11.8 Å². The van der Waals surface area contributed by atoms with Crippen molar-refractivity contribution in [2.75, 3.05) is 0 Å². The molecule has 1 saturated carbocycles. The summed E-state index contributed by atoms with van der Waals surface area (Å²) in [6.45, 7) is 3.76. The number of aromatic carboxylic acids is 2. The Kier molecular flexibility index (Phi) is 6.70. The quantitative estimate of drug-likeness (QED) is 0.190. The lowest BCUT2D eigenvalue weighted by Crippen LogP contribution is -2.46. The highest BCUT2D eigenvalue weighted by Gasteiger charge is 2.52. The van der Waals surface area contributed by atoms with E-state index in [4.69, 9.17) is 0 Å². The molecule has 0 atom stereocenters. The van der Waals surface area contributed by atoms with Crippen LogP contribution >= 0.6 is 0 Å². The minimum absolute atomic E-state index is 0.0701. The maximum Gasteiger partial charge on any atom is 0.335 e. The number of carboxylic acids is 2. The first-order valence-electron chi connectivity index (χ1n) is 13.0. The van der Waals surface area contributed by atoms with E-state index >= 15 is 0 Å². The fourth-order valence-corrected chi connectivity index (χ4v) is 5.69. The van der Waals surface area contributed by atoms with E-state index in [2.05, 4.69) is 9.97 Å². The maximum absolute atomic E-state index is 13.7. The van der Waals surface area contributed by atoms with Crippen molar-refractivity contribution >= 4 is 56.9 Å². The molecule has 2 aromatic carbocycles. The molecule has 2 heterocycles. The van der Waals surface area contributed by atoms with Crippen molar-refractivity contribution in [3.63, 3.8) is 0 Å². The number of ketones is 4. The van der Waals surface area contributed by atoms with Crippen LogP contribution in [0.15, 0.2) is 36.4 Å². The van der Waals surface area contributed by atoms with Crippen LogP contribution in [-0.2, 0) is 32.0 Å². The second-order valence-electron chi connectivity index (χ2n) is 9.99. The number of H-pyrrole nitrogens is 2. The molecule has 4 aromatic rings. The summed E-state index contributed by atoms with van der Waals surface area (Å²) in [6.07, 6.45) is 2.03. The van der Waals surface area contributed by atoms with Gasteiger partial charge >= 0.3 is 11.9 Å². The van der Waals surface area contributed by atoms with E-state index in [1.54, 1.807) is 0 Å². The minimum atomic E-state index is -1.70. The van der Waals surface area contributed by atoms with Crippen LogP contribution in [-0.4, -0.2) is 55.3 Å². The van der Waals surface area contributed by atoms with E-state index in [0.29, 0.717) is 58.9 Å². The molecule has 0 radical (unpaired) electrons. The molecule has 10 nitrogen and oxygen atoms in total. The van der Waals surface area contributed by atoms with Crippen LogP contribution in [0.25, 0.3) is 21.8 Å². The number of Topliss-reactive ketones (excluding diaryl/α,β-unsaturated/α-hetero) is 4. The zero-order valence-corrected chi connectivity index (χ0v) is 21.8. The predicted octanol–water partition coefficient (Wildman–Crippen LogP) is 4.11. The Morgan fingerprint density at radius 1 is 0.650 bits per heavy atom. The van der Waals surface area contributed by atoms with E-state index in [9.17, 15) is 39.0 Å². The van der Waals surface area contributed by atoms with E-state index in [-0.39, 0.29) is 22.3 Å². The number of nitrogens with one attached hydrogen (secondary N) is 2. The van der Waals surface area contributed by atoms with Crippen molar-refractivity contribution in [3.8, 4) is 0 Å². The van der Waals surface area contributed by atoms with Crippen LogP contribution in [0.2, 0.25) is 0 Å². The van der Waals surface area contributed by atoms with Gasteiger partial charge in [-0.2, -0.15) is 0 Å². The number of fused-ring (bicyclic) bond motifs is 2. The highest BCUT2D eigenvalue weighted by atomic mass is 16.4. The normalized spacial score (nSPS) is 17.8. The van der Waals surface area contributed by atoms with Crippen molar-refractivity contribution in [1.82, 2.24) is 9.97 Å². The Hall–Kier alpha value is -4.86. The number of carboxylic acid groups (broad SMARTS) is 2. The second-order valence-corrected chi connectivity index (χ2v) is 9.99. The molecule has 1 aliphatic rings. The summed E-state index contributed by atoms with van der Waals surface area (Å²) < 4.78 is 0. The Labute approximate surface area is 227 Å². The molecule has 0 unspecified atom stereocenters. The van der Waals surface area contributed by atoms with Crippen LogP contribution in [0.5, 0.6) is 0 Å². The maximum atomic E-state index is 13.7. The number of hydrogen-bond donors (Lipinski definition) is 4. The van der Waals surface area contributed by atoms with Gasteiger partial charge in [0, 0.05) is 33.2 Å². The van der Waals surface area contributed by atoms with Gasteiger partial charge in [0.05, 0.1) is 11.1 Å². The Morgan fingerprint density at radius 3 is 1.30 bits per heavy atom. The van der Waals surface area contributed by atoms with Crippen molar-refractivity contribution < 1.29 is 39.0 Å². The van der Waals surface area contributed by atoms with Gasteiger partial charge in [-0.15, -0.1) is 0 Å². The van der Waals surface area contributed by atoms with Gasteiger partial charge in [0.15, 0.2) is 0 Å². The third-order valence-corrected chi connectivity index (χ3v) is 7.45. The summed E-state index contributed by atoms with van der Waals surface area (Å²) in [4.78, 5) is 84.4. The molecule has 204 valence electrons. The first-order chi connectivity index (χ1) is 19.1. The molecule has 1 fully saturated rings. The lowest BCUT2D eigenvalue weighted by molar-refractivity contribution is -0.151. The smallest absolute Gasteiger partial charge is 0.335 e. The second kappa shape index (κ2) is 10.0. The average molecular weight is 543 g/mol. The number of carbonyl (C=O) groups is 6. The third-order valence-electron chi connectivity index (χ3n) is 7.45. The fourth-order valence-electron chi connectivity index (χ4n) is 5.69. The average Bonchev–Trinajstić information content (AvgIpc) is 3.45. The van der Waals surface area contributed by atoms with Gasteiger partial charge < -0.3 is 20.2 Å². The molecule has 0 amide bonds. The van der Waals surface area contributed by atoms with E-state index in [1.165, 1.54) is 36.4 Å². The number of benzene rings is 2. The largest absolute Gasteiger partial charge is 0.478 e. The third kappa shape index (κ3) is 4.12. The number of carbonyl (C=O) groups excluding carboxylic acids is 4. The van der Waals surface area contributed by atoms with Crippen molar-refractivity contribution in [2.24, 2.45) is 0 Å². The summed E-state index contributed by atoms with van der Waals surface area (Å²) in [5, 5.41) is 19.6. The van der Waals surface area contributed by atoms with Gasteiger partial charge in [0.25, 0.3) is 0 Å². The minimum Gasteiger partial charge on any atom is -0.478 e. The van der Waals surface area contributed by atoms with Gasteiger partial charge in [-0.25, -0.2) is 9.59 Å². The number of rotatable bonds is 8. The number of aromatic nitrogens is 2.